The Morgan fingerprint density at radius 1 is 1.35 bits per heavy atom. The van der Waals surface area contributed by atoms with Gasteiger partial charge in [-0.05, 0) is 37.1 Å². The minimum absolute atomic E-state index is 0. The van der Waals surface area contributed by atoms with E-state index in [0.29, 0.717) is 31.7 Å². The zero-order valence-corrected chi connectivity index (χ0v) is 13.6. The van der Waals surface area contributed by atoms with Crippen molar-refractivity contribution < 1.29 is 18.3 Å². The smallest absolute Gasteiger partial charge is 0.224 e. The van der Waals surface area contributed by atoms with Gasteiger partial charge in [0, 0.05) is 19.0 Å². The minimum Gasteiger partial charge on any atom is -0.370 e. The molecule has 7 heteroatoms. The highest BCUT2D eigenvalue weighted by atomic mass is 35.5. The number of carbonyl (C=O) groups excluding carboxylic acids is 1. The lowest BCUT2D eigenvalue weighted by atomic mass is 10.1. The zero-order chi connectivity index (χ0) is 15.5. The summed E-state index contributed by atoms with van der Waals surface area (Å²) in [6.07, 6.45) is 2.23. The average Bonchev–Trinajstić information content (AvgIpc) is 3.03. The first-order valence-electron chi connectivity index (χ1n) is 7.71. The fourth-order valence-corrected chi connectivity index (χ4v) is 3.06. The van der Waals surface area contributed by atoms with E-state index in [2.05, 4.69) is 5.32 Å². The quantitative estimate of drug-likeness (QED) is 0.914. The Labute approximate surface area is 140 Å². The van der Waals surface area contributed by atoms with Crippen molar-refractivity contribution in [3.63, 3.8) is 0 Å². The third kappa shape index (κ3) is 4.40. The maximum atomic E-state index is 13.3. The molecule has 1 amide bonds. The van der Waals surface area contributed by atoms with Gasteiger partial charge in [0.2, 0.25) is 5.91 Å². The van der Waals surface area contributed by atoms with E-state index >= 15 is 0 Å². The number of carbonyl (C=O) groups is 1. The predicted molar refractivity (Wildman–Crippen MR) is 84.5 cm³/mol. The van der Waals surface area contributed by atoms with Gasteiger partial charge in [0.25, 0.3) is 0 Å². The molecular formula is C16H21ClF2N2O2. The number of morpholine rings is 1. The molecule has 3 rings (SSSR count). The lowest BCUT2D eigenvalue weighted by Gasteiger charge is -2.33. The van der Waals surface area contributed by atoms with Crippen LogP contribution in [0.1, 0.15) is 30.9 Å². The molecule has 0 saturated carbocycles. The van der Waals surface area contributed by atoms with Gasteiger partial charge in [-0.15, -0.1) is 12.4 Å². The van der Waals surface area contributed by atoms with E-state index in [4.69, 9.17) is 4.74 Å². The number of ether oxygens (including phenoxy) is 1. The van der Waals surface area contributed by atoms with Crippen molar-refractivity contribution >= 4 is 18.3 Å². The van der Waals surface area contributed by atoms with Crippen LogP contribution in [0.3, 0.4) is 0 Å². The Balaban J connectivity index is 0.00000192. The number of rotatable bonds is 3. The summed E-state index contributed by atoms with van der Waals surface area (Å²) in [5.74, 6) is -1.67. The van der Waals surface area contributed by atoms with Gasteiger partial charge >= 0.3 is 0 Å². The summed E-state index contributed by atoms with van der Waals surface area (Å²) < 4.78 is 32.0. The monoisotopic (exact) mass is 346 g/mol. The standard InChI is InChI=1S/C16H20F2N2O2.ClH/c17-13-4-3-11(8-14(13)18)15-10-20(6-7-22-15)16(21)9-12-2-1-5-19-12;/h3-4,8,12,15,19H,1-2,5-7,9-10H2;1H. The molecule has 128 valence electrons. The second-order valence-corrected chi connectivity index (χ2v) is 5.87. The molecule has 1 aromatic carbocycles. The van der Waals surface area contributed by atoms with Crippen molar-refractivity contribution in [1.29, 1.82) is 0 Å². The molecule has 2 aliphatic rings. The summed E-state index contributed by atoms with van der Waals surface area (Å²) in [5.41, 5.74) is 0.565. The summed E-state index contributed by atoms with van der Waals surface area (Å²) >= 11 is 0. The first-order chi connectivity index (χ1) is 10.6. The van der Waals surface area contributed by atoms with Gasteiger partial charge in [-0.1, -0.05) is 6.07 Å². The summed E-state index contributed by atoms with van der Waals surface area (Å²) in [6, 6.07) is 4.01. The maximum Gasteiger partial charge on any atom is 0.224 e. The molecule has 2 saturated heterocycles. The summed E-state index contributed by atoms with van der Waals surface area (Å²) in [7, 11) is 0. The molecule has 23 heavy (non-hydrogen) atoms. The number of amides is 1. The van der Waals surface area contributed by atoms with Gasteiger partial charge in [0.15, 0.2) is 11.6 Å². The van der Waals surface area contributed by atoms with Gasteiger partial charge < -0.3 is 15.0 Å². The van der Waals surface area contributed by atoms with Crippen molar-refractivity contribution in [2.45, 2.75) is 31.4 Å². The molecule has 4 nitrogen and oxygen atoms in total. The summed E-state index contributed by atoms with van der Waals surface area (Å²) in [4.78, 5) is 14.1. The first kappa shape index (κ1) is 18.1. The normalized spacial score (nSPS) is 24.3. The van der Waals surface area contributed by atoms with E-state index in [1.165, 1.54) is 6.07 Å². The first-order valence-corrected chi connectivity index (χ1v) is 7.71. The molecule has 2 fully saturated rings. The molecule has 1 aromatic rings. The lowest BCUT2D eigenvalue weighted by Crippen LogP contribution is -2.44. The van der Waals surface area contributed by atoms with Crippen LogP contribution in [-0.4, -0.2) is 43.1 Å². The van der Waals surface area contributed by atoms with E-state index in [1.54, 1.807) is 4.90 Å². The van der Waals surface area contributed by atoms with Crippen LogP contribution in [0, 0.1) is 11.6 Å². The van der Waals surface area contributed by atoms with Crippen LogP contribution in [-0.2, 0) is 9.53 Å². The largest absolute Gasteiger partial charge is 0.370 e. The number of halogens is 3. The summed E-state index contributed by atoms with van der Waals surface area (Å²) in [6.45, 7) is 2.31. The Morgan fingerprint density at radius 3 is 2.87 bits per heavy atom. The molecule has 0 spiro atoms. The number of hydrogen-bond acceptors (Lipinski definition) is 3. The molecule has 2 unspecified atom stereocenters. The molecule has 0 bridgehead atoms. The van der Waals surface area contributed by atoms with Crippen LogP contribution in [0.15, 0.2) is 18.2 Å². The predicted octanol–water partition coefficient (Wildman–Crippen LogP) is 2.43. The second-order valence-electron chi connectivity index (χ2n) is 5.87. The molecule has 2 heterocycles. The highest BCUT2D eigenvalue weighted by molar-refractivity contribution is 5.85. The third-order valence-electron chi connectivity index (χ3n) is 4.32. The van der Waals surface area contributed by atoms with Crippen LogP contribution in [0.2, 0.25) is 0 Å². The van der Waals surface area contributed by atoms with E-state index in [-0.39, 0.29) is 24.4 Å². The van der Waals surface area contributed by atoms with Crippen molar-refractivity contribution in [3.8, 4) is 0 Å². The summed E-state index contributed by atoms with van der Waals surface area (Å²) in [5, 5.41) is 3.31. The van der Waals surface area contributed by atoms with E-state index in [1.807, 2.05) is 0 Å². The zero-order valence-electron chi connectivity index (χ0n) is 12.8. The maximum absolute atomic E-state index is 13.3. The minimum atomic E-state index is -0.889. The highest BCUT2D eigenvalue weighted by Crippen LogP contribution is 2.24. The topological polar surface area (TPSA) is 41.6 Å². The Kier molecular flexibility index (Phi) is 6.33. The van der Waals surface area contributed by atoms with Crippen molar-refractivity contribution in [1.82, 2.24) is 10.2 Å². The molecular weight excluding hydrogens is 326 g/mol. The molecule has 0 aliphatic carbocycles. The van der Waals surface area contributed by atoms with Gasteiger partial charge in [-0.3, -0.25) is 4.79 Å². The SMILES string of the molecule is Cl.O=C(CC1CCCN1)N1CCOC(c2ccc(F)c(F)c2)C1. The number of benzene rings is 1. The molecule has 2 aliphatic heterocycles. The Bertz CT molecular complexity index is 553. The highest BCUT2D eigenvalue weighted by Gasteiger charge is 2.28. The molecule has 1 N–H and O–H groups in total. The third-order valence-corrected chi connectivity index (χ3v) is 4.32. The Hall–Kier alpha value is -1.24. The van der Waals surface area contributed by atoms with E-state index < -0.39 is 17.7 Å². The van der Waals surface area contributed by atoms with Crippen LogP contribution < -0.4 is 5.32 Å². The number of nitrogens with zero attached hydrogens (tertiary/aromatic N) is 1. The van der Waals surface area contributed by atoms with Gasteiger partial charge in [-0.25, -0.2) is 8.78 Å². The fraction of sp³-hybridized carbons (Fsp3) is 0.562. The van der Waals surface area contributed by atoms with Gasteiger partial charge in [-0.2, -0.15) is 0 Å². The molecule has 0 radical (unpaired) electrons. The molecule has 0 aromatic heterocycles. The van der Waals surface area contributed by atoms with Crippen molar-refractivity contribution in [2.75, 3.05) is 26.2 Å². The average molecular weight is 347 g/mol. The number of hydrogen-bond donors (Lipinski definition) is 1. The van der Waals surface area contributed by atoms with Crippen LogP contribution in [0.4, 0.5) is 8.78 Å². The van der Waals surface area contributed by atoms with Crippen molar-refractivity contribution in [2.24, 2.45) is 0 Å². The second kappa shape index (κ2) is 8.04. The lowest BCUT2D eigenvalue weighted by molar-refractivity contribution is -0.139. The van der Waals surface area contributed by atoms with E-state index in [9.17, 15) is 13.6 Å². The van der Waals surface area contributed by atoms with Crippen LogP contribution >= 0.6 is 12.4 Å². The van der Waals surface area contributed by atoms with Gasteiger partial charge in [0.05, 0.1) is 13.2 Å². The van der Waals surface area contributed by atoms with Crippen LogP contribution in [0.5, 0.6) is 0 Å². The fourth-order valence-electron chi connectivity index (χ4n) is 3.06. The van der Waals surface area contributed by atoms with Gasteiger partial charge in [0.1, 0.15) is 6.10 Å². The van der Waals surface area contributed by atoms with Crippen molar-refractivity contribution in [3.05, 3.63) is 35.4 Å². The molecule has 2 atom stereocenters. The Morgan fingerprint density at radius 2 is 2.17 bits per heavy atom. The van der Waals surface area contributed by atoms with E-state index in [0.717, 1.165) is 31.5 Å². The van der Waals surface area contributed by atoms with Crippen LogP contribution in [0.25, 0.3) is 0 Å². The number of nitrogens with one attached hydrogen (secondary N) is 1.